The molecule has 3 aromatic rings. The van der Waals surface area contributed by atoms with Crippen LogP contribution in [0.4, 0.5) is 0 Å². The number of rotatable bonds is 9. The Hall–Kier alpha value is -2.61. The molecule has 0 spiro atoms. The molecule has 2 aliphatic heterocycles. The number of piperidine rings is 1. The third kappa shape index (κ3) is 6.15. The second-order valence-electron chi connectivity index (χ2n) is 9.21. The number of hydrogen-bond acceptors (Lipinski definition) is 6. The van der Waals surface area contributed by atoms with Crippen molar-refractivity contribution in [2.45, 2.75) is 42.9 Å². The van der Waals surface area contributed by atoms with E-state index in [-0.39, 0.29) is 0 Å². The maximum atomic E-state index is 5.84. The van der Waals surface area contributed by atoms with Gasteiger partial charge in [0.05, 0.1) is 18.9 Å². The maximum Gasteiger partial charge on any atom is 0.195 e. The van der Waals surface area contributed by atoms with Crippen LogP contribution in [0.25, 0.3) is 11.8 Å². The lowest BCUT2D eigenvalue weighted by Gasteiger charge is -2.31. The van der Waals surface area contributed by atoms with E-state index < -0.39 is 0 Å². The third-order valence-electron chi connectivity index (χ3n) is 6.82. The molecule has 0 aliphatic carbocycles. The molecule has 35 heavy (non-hydrogen) atoms. The topological polar surface area (TPSA) is 52.4 Å². The van der Waals surface area contributed by atoms with Gasteiger partial charge in [-0.2, -0.15) is 0 Å². The van der Waals surface area contributed by atoms with E-state index in [2.05, 4.69) is 69.2 Å². The van der Waals surface area contributed by atoms with Crippen LogP contribution in [0.3, 0.4) is 0 Å². The first kappa shape index (κ1) is 24.1. The summed E-state index contributed by atoms with van der Waals surface area (Å²) in [5.41, 5.74) is 2.31. The van der Waals surface area contributed by atoms with Crippen LogP contribution >= 0.6 is 11.8 Å². The monoisotopic (exact) mass is 490 g/mol. The maximum absolute atomic E-state index is 5.84. The number of aromatic nitrogens is 3. The van der Waals surface area contributed by atoms with Crippen LogP contribution in [0.15, 0.2) is 65.8 Å². The lowest BCUT2D eigenvalue weighted by atomic mass is 9.95. The fourth-order valence-electron chi connectivity index (χ4n) is 4.85. The molecule has 0 N–H and O–H groups in total. The SMILES string of the molecule is COc1cccc(-n2c(SC[C@@H]3CCCO3)nnc2C2CCN(C/C=C/c3ccccc3)CC2)c1. The highest BCUT2D eigenvalue weighted by atomic mass is 32.2. The van der Waals surface area contributed by atoms with Crippen LogP contribution < -0.4 is 4.74 Å². The molecular weight excluding hydrogens is 456 g/mol. The van der Waals surface area contributed by atoms with Gasteiger partial charge in [0.1, 0.15) is 11.6 Å². The summed E-state index contributed by atoms with van der Waals surface area (Å²) in [6.45, 7) is 3.98. The molecule has 0 bridgehead atoms. The van der Waals surface area contributed by atoms with Gasteiger partial charge >= 0.3 is 0 Å². The molecule has 0 saturated carbocycles. The number of likely N-dealkylation sites (tertiary alicyclic amines) is 1. The van der Waals surface area contributed by atoms with Crippen molar-refractivity contribution in [1.82, 2.24) is 19.7 Å². The minimum Gasteiger partial charge on any atom is -0.497 e. The van der Waals surface area contributed by atoms with E-state index in [9.17, 15) is 0 Å². The predicted molar refractivity (Wildman–Crippen MR) is 141 cm³/mol. The summed E-state index contributed by atoms with van der Waals surface area (Å²) < 4.78 is 13.6. The van der Waals surface area contributed by atoms with E-state index in [0.29, 0.717) is 12.0 Å². The first-order valence-corrected chi connectivity index (χ1v) is 13.6. The summed E-state index contributed by atoms with van der Waals surface area (Å²) in [7, 11) is 1.71. The van der Waals surface area contributed by atoms with Crippen LogP contribution in [-0.4, -0.2) is 64.9 Å². The molecule has 1 atom stereocenters. The minimum atomic E-state index is 0.311. The second kappa shape index (κ2) is 11.9. The van der Waals surface area contributed by atoms with Crippen LogP contribution in [0.1, 0.15) is 43.0 Å². The zero-order valence-electron chi connectivity index (χ0n) is 20.4. The Balaban J connectivity index is 1.28. The molecule has 2 fully saturated rings. The molecule has 184 valence electrons. The van der Waals surface area contributed by atoms with Crippen molar-refractivity contribution in [3.05, 3.63) is 72.1 Å². The summed E-state index contributed by atoms with van der Waals surface area (Å²) in [6, 6.07) is 18.7. The normalized spacial score (nSPS) is 19.5. The van der Waals surface area contributed by atoms with Crippen molar-refractivity contribution in [3.63, 3.8) is 0 Å². The predicted octanol–water partition coefficient (Wildman–Crippen LogP) is 5.44. The number of ether oxygens (including phenoxy) is 2. The Morgan fingerprint density at radius 1 is 1.06 bits per heavy atom. The smallest absolute Gasteiger partial charge is 0.195 e. The summed E-state index contributed by atoms with van der Waals surface area (Å²) in [4.78, 5) is 2.52. The second-order valence-corrected chi connectivity index (χ2v) is 10.2. The van der Waals surface area contributed by atoms with Gasteiger partial charge in [-0.15, -0.1) is 10.2 Å². The Kier molecular flexibility index (Phi) is 8.18. The van der Waals surface area contributed by atoms with Gasteiger partial charge in [0.2, 0.25) is 0 Å². The van der Waals surface area contributed by atoms with Crippen LogP contribution in [-0.2, 0) is 4.74 Å². The van der Waals surface area contributed by atoms with E-state index in [1.165, 1.54) is 5.56 Å². The highest BCUT2D eigenvalue weighted by molar-refractivity contribution is 7.99. The molecule has 5 rings (SSSR count). The Labute approximate surface area is 212 Å². The average Bonchev–Trinajstić information content (AvgIpc) is 3.59. The molecule has 2 saturated heterocycles. The van der Waals surface area contributed by atoms with Crippen LogP contribution in [0, 0.1) is 0 Å². The number of benzene rings is 2. The number of thioether (sulfide) groups is 1. The van der Waals surface area contributed by atoms with Crippen molar-refractivity contribution >= 4 is 17.8 Å². The average molecular weight is 491 g/mol. The molecular formula is C28H34N4O2S. The Bertz CT molecular complexity index is 1100. The van der Waals surface area contributed by atoms with Crippen LogP contribution in [0.5, 0.6) is 5.75 Å². The summed E-state index contributed by atoms with van der Waals surface area (Å²) in [5, 5.41) is 10.3. The van der Waals surface area contributed by atoms with Crippen molar-refractivity contribution in [3.8, 4) is 11.4 Å². The lowest BCUT2D eigenvalue weighted by molar-refractivity contribution is 0.129. The highest BCUT2D eigenvalue weighted by Crippen LogP contribution is 2.33. The molecule has 7 heteroatoms. The summed E-state index contributed by atoms with van der Waals surface area (Å²) in [6.07, 6.45) is 9.24. The first-order valence-electron chi connectivity index (χ1n) is 12.6. The molecule has 1 aromatic heterocycles. The molecule has 2 aromatic carbocycles. The van der Waals surface area contributed by atoms with E-state index in [1.807, 2.05) is 12.1 Å². The summed E-state index contributed by atoms with van der Waals surface area (Å²) in [5.74, 6) is 3.21. The summed E-state index contributed by atoms with van der Waals surface area (Å²) >= 11 is 1.75. The van der Waals surface area contributed by atoms with Gasteiger partial charge < -0.3 is 9.47 Å². The third-order valence-corrected chi connectivity index (χ3v) is 7.88. The van der Waals surface area contributed by atoms with E-state index >= 15 is 0 Å². The zero-order chi connectivity index (χ0) is 23.9. The van der Waals surface area contributed by atoms with Crippen molar-refractivity contribution in [1.29, 1.82) is 0 Å². The van der Waals surface area contributed by atoms with E-state index in [4.69, 9.17) is 14.6 Å². The number of methoxy groups -OCH3 is 1. The van der Waals surface area contributed by atoms with Crippen molar-refractivity contribution in [2.75, 3.05) is 39.1 Å². The molecule has 0 unspecified atom stereocenters. The van der Waals surface area contributed by atoms with Crippen LogP contribution in [0.2, 0.25) is 0 Å². The molecule has 0 radical (unpaired) electrons. The van der Waals surface area contributed by atoms with Crippen molar-refractivity contribution in [2.24, 2.45) is 0 Å². The Morgan fingerprint density at radius 3 is 2.69 bits per heavy atom. The van der Waals surface area contributed by atoms with Gasteiger partial charge in [0.25, 0.3) is 0 Å². The number of nitrogens with zero attached hydrogens (tertiary/aromatic N) is 4. The standard InChI is InChI=1S/C28H34N4O2S/c1-33-25-12-5-11-24(20-25)32-27(29-30-28(32)35-21-26-13-7-19-34-26)23-14-17-31(18-15-23)16-6-10-22-8-3-2-4-9-22/h2-6,8-12,20,23,26H,7,13-19,21H2,1H3/b10-6+/t26-/m0/s1. The molecule has 3 heterocycles. The van der Waals surface area contributed by atoms with Gasteiger partial charge in [-0.1, -0.05) is 60.3 Å². The van der Waals surface area contributed by atoms with E-state index in [1.54, 1.807) is 18.9 Å². The van der Waals surface area contributed by atoms with Gasteiger partial charge in [-0.25, -0.2) is 0 Å². The van der Waals surface area contributed by atoms with Gasteiger partial charge in [0, 0.05) is 30.9 Å². The molecule has 2 aliphatic rings. The minimum absolute atomic E-state index is 0.311. The largest absolute Gasteiger partial charge is 0.497 e. The zero-order valence-corrected chi connectivity index (χ0v) is 21.2. The Morgan fingerprint density at radius 2 is 1.91 bits per heavy atom. The quantitative estimate of drug-likeness (QED) is 0.372. The van der Waals surface area contributed by atoms with E-state index in [0.717, 1.165) is 80.1 Å². The fraction of sp³-hybridized carbons (Fsp3) is 0.429. The fourth-order valence-corrected chi connectivity index (χ4v) is 5.87. The molecule has 0 amide bonds. The van der Waals surface area contributed by atoms with Gasteiger partial charge in [-0.05, 0) is 56.5 Å². The lowest BCUT2D eigenvalue weighted by Crippen LogP contribution is -2.33. The number of hydrogen-bond donors (Lipinski definition) is 0. The molecule has 6 nitrogen and oxygen atoms in total. The van der Waals surface area contributed by atoms with Gasteiger partial charge in [-0.3, -0.25) is 9.47 Å². The van der Waals surface area contributed by atoms with Crippen molar-refractivity contribution < 1.29 is 9.47 Å². The highest BCUT2D eigenvalue weighted by Gasteiger charge is 2.27. The first-order chi connectivity index (χ1) is 17.3. The van der Waals surface area contributed by atoms with Gasteiger partial charge in [0.15, 0.2) is 5.16 Å².